The van der Waals surface area contributed by atoms with Gasteiger partial charge in [-0.15, -0.1) is 0 Å². The molecule has 0 saturated carbocycles. The third kappa shape index (κ3) is 1.37. The molecular weight excluding hydrogens is 178 g/mol. The predicted octanol–water partition coefficient (Wildman–Crippen LogP) is 0.838. The van der Waals surface area contributed by atoms with Crippen molar-refractivity contribution in [1.29, 1.82) is 0 Å². The molecule has 68 valence electrons. The second-order valence-electron chi connectivity index (χ2n) is 2.68. The minimum atomic E-state index is -3.40. The van der Waals surface area contributed by atoms with Gasteiger partial charge in [0.05, 0.1) is 6.26 Å². The van der Waals surface area contributed by atoms with Crippen LogP contribution in [0.2, 0.25) is 0 Å². The van der Waals surface area contributed by atoms with E-state index in [1.807, 2.05) is 0 Å². The Kier molecular flexibility index (Phi) is 2.25. The molecule has 5 heteroatoms. The Balaban J connectivity index is 3.24. The Hall–Kier alpha value is -0.810. The van der Waals surface area contributed by atoms with Crippen LogP contribution >= 0.6 is 0 Å². The topological polar surface area (TPSA) is 50.5 Å². The van der Waals surface area contributed by atoms with Crippen molar-refractivity contribution < 1.29 is 12.8 Å². The lowest BCUT2D eigenvalue weighted by Crippen LogP contribution is -2.22. The second kappa shape index (κ2) is 2.91. The lowest BCUT2D eigenvalue weighted by atomic mass is 10.4. The van der Waals surface area contributed by atoms with E-state index >= 15 is 0 Å². The van der Waals surface area contributed by atoms with E-state index in [9.17, 15) is 8.42 Å². The van der Waals surface area contributed by atoms with Crippen molar-refractivity contribution >= 4 is 10.0 Å². The summed E-state index contributed by atoms with van der Waals surface area (Å²) in [5.74, 6) is 0. The molecule has 1 aromatic rings. The number of hydrogen-bond acceptors (Lipinski definition) is 3. The van der Waals surface area contributed by atoms with E-state index in [2.05, 4.69) is 0 Å². The number of furan rings is 1. The molecule has 0 amide bonds. The molecule has 1 heterocycles. The Morgan fingerprint density at radius 1 is 1.42 bits per heavy atom. The normalized spacial score (nSPS) is 12.3. The van der Waals surface area contributed by atoms with E-state index in [1.165, 1.54) is 20.4 Å². The van der Waals surface area contributed by atoms with Crippen molar-refractivity contribution in [3.8, 4) is 0 Å². The zero-order valence-corrected chi connectivity index (χ0v) is 8.05. The van der Waals surface area contributed by atoms with Crippen LogP contribution in [0.25, 0.3) is 0 Å². The van der Waals surface area contributed by atoms with Gasteiger partial charge in [-0.05, 0) is 13.0 Å². The first-order valence-electron chi connectivity index (χ1n) is 3.43. The van der Waals surface area contributed by atoms with Crippen LogP contribution in [-0.4, -0.2) is 26.8 Å². The smallest absolute Gasteiger partial charge is 0.276 e. The molecule has 1 rings (SSSR count). The Bertz CT molecular complexity index is 364. The number of hydrogen-bond donors (Lipinski definition) is 0. The van der Waals surface area contributed by atoms with Crippen LogP contribution in [0.15, 0.2) is 21.8 Å². The quantitative estimate of drug-likeness (QED) is 0.692. The molecule has 0 spiro atoms. The van der Waals surface area contributed by atoms with Gasteiger partial charge in [-0.2, -0.15) is 0 Å². The van der Waals surface area contributed by atoms with E-state index < -0.39 is 10.0 Å². The van der Waals surface area contributed by atoms with E-state index in [0.717, 1.165) is 4.31 Å². The average Bonchev–Trinajstić information content (AvgIpc) is 2.35. The SMILES string of the molecule is Cc1ccoc1S(=O)(=O)N(C)C. The summed E-state index contributed by atoms with van der Waals surface area (Å²) >= 11 is 0. The molecule has 0 aliphatic heterocycles. The van der Waals surface area contributed by atoms with Gasteiger partial charge in [-0.1, -0.05) is 0 Å². The number of sulfonamides is 1. The molecular formula is C7H11NO3S. The highest BCUT2D eigenvalue weighted by Gasteiger charge is 2.22. The highest BCUT2D eigenvalue weighted by molar-refractivity contribution is 7.89. The van der Waals surface area contributed by atoms with Gasteiger partial charge < -0.3 is 4.42 Å². The Morgan fingerprint density at radius 2 is 2.00 bits per heavy atom. The second-order valence-corrected chi connectivity index (χ2v) is 4.73. The van der Waals surface area contributed by atoms with E-state index in [-0.39, 0.29) is 5.09 Å². The van der Waals surface area contributed by atoms with Crippen molar-refractivity contribution in [1.82, 2.24) is 4.31 Å². The van der Waals surface area contributed by atoms with Gasteiger partial charge in [-0.25, -0.2) is 12.7 Å². The zero-order valence-electron chi connectivity index (χ0n) is 7.23. The van der Waals surface area contributed by atoms with Gasteiger partial charge in [-0.3, -0.25) is 0 Å². The first-order chi connectivity index (χ1) is 5.46. The molecule has 0 atom stereocenters. The fraction of sp³-hybridized carbons (Fsp3) is 0.429. The molecule has 0 bridgehead atoms. The molecule has 1 aromatic heterocycles. The summed E-state index contributed by atoms with van der Waals surface area (Å²) < 4.78 is 28.9. The fourth-order valence-corrected chi connectivity index (χ4v) is 1.77. The van der Waals surface area contributed by atoms with Crippen LogP contribution < -0.4 is 0 Å². The molecule has 4 nitrogen and oxygen atoms in total. The zero-order chi connectivity index (χ0) is 9.35. The third-order valence-corrected chi connectivity index (χ3v) is 3.38. The molecule has 0 aromatic carbocycles. The highest BCUT2D eigenvalue weighted by Crippen LogP contribution is 2.17. The molecule has 0 radical (unpaired) electrons. The highest BCUT2D eigenvalue weighted by atomic mass is 32.2. The number of aryl methyl sites for hydroxylation is 1. The van der Waals surface area contributed by atoms with Crippen molar-refractivity contribution in [2.24, 2.45) is 0 Å². The number of nitrogens with zero attached hydrogens (tertiary/aromatic N) is 1. The lowest BCUT2D eigenvalue weighted by molar-refractivity contribution is 0.423. The molecule has 12 heavy (non-hydrogen) atoms. The van der Waals surface area contributed by atoms with E-state index in [4.69, 9.17) is 4.42 Å². The predicted molar refractivity (Wildman–Crippen MR) is 44.3 cm³/mol. The van der Waals surface area contributed by atoms with E-state index in [1.54, 1.807) is 13.0 Å². The molecule has 0 fully saturated rings. The molecule has 0 saturated heterocycles. The molecule has 0 N–H and O–H groups in total. The fourth-order valence-electron chi connectivity index (χ4n) is 0.789. The maximum absolute atomic E-state index is 11.4. The first kappa shape index (κ1) is 9.28. The standard InChI is InChI=1S/C7H11NO3S/c1-6-4-5-11-7(6)12(9,10)8(2)3/h4-5H,1-3H3. The van der Waals surface area contributed by atoms with Gasteiger partial charge in [0.1, 0.15) is 0 Å². The molecule has 0 aliphatic rings. The Morgan fingerprint density at radius 3 is 2.33 bits per heavy atom. The van der Waals surface area contributed by atoms with Crippen LogP contribution in [0.5, 0.6) is 0 Å². The van der Waals surface area contributed by atoms with Crippen LogP contribution in [0.4, 0.5) is 0 Å². The van der Waals surface area contributed by atoms with Gasteiger partial charge >= 0.3 is 0 Å². The maximum atomic E-state index is 11.4. The summed E-state index contributed by atoms with van der Waals surface area (Å²) in [7, 11) is -0.458. The van der Waals surface area contributed by atoms with Crippen LogP contribution in [0.1, 0.15) is 5.56 Å². The summed E-state index contributed by atoms with van der Waals surface area (Å²) in [6.07, 6.45) is 1.37. The summed E-state index contributed by atoms with van der Waals surface area (Å²) in [4.78, 5) is 0. The third-order valence-electron chi connectivity index (χ3n) is 1.53. The minimum absolute atomic E-state index is 0.0208. The monoisotopic (exact) mass is 189 g/mol. The largest absolute Gasteiger partial charge is 0.451 e. The summed E-state index contributed by atoms with van der Waals surface area (Å²) in [5.41, 5.74) is 0.628. The van der Waals surface area contributed by atoms with Crippen LogP contribution in [0.3, 0.4) is 0 Å². The summed E-state index contributed by atoms with van der Waals surface area (Å²) in [6.45, 7) is 1.69. The van der Waals surface area contributed by atoms with Gasteiger partial charge in [0.2, 0.25) is 5.09 Å². The van der Waals surface area contributed by atoms with Gasteiger partial charge in [0.15, 0.2) is 0 Å². The van der Waals surface area contributed by atoms with Crippen LogP contribution in [-0.2, 0) is 10.0 Å². The van der Waals surface area contributed by atoms with Crippen molar-refractivity contribution in [3.05, 3.63) is 17.9 Å². The van der Waals surface area contributed by atoms with Gasteiger partial charge in [0.25, 0.3) is 10.0 Å². The minimum Gasteiger partial charge on any atom is -0.451 e. The molecule has 0 unspecified atom stereocenters. The lowest BCUT2D eigenvalue weighted by Gasteiger charge is -2.08. The maximum Gasteiger partial charge on any atom is 0.276 e. The summed E-state index contributed by atoms with van der Waals surface area (Å²) in [5, 5.41) is 0.0208. The van der Waals surface area contributed by atoms with Crippen molar-refractivity contribution in [2.45, 2.75) is 12.0 Å². The molecule has 0 aliphatic carbocycles. The first-order valence-corrected chi connectivity index (χ1v) is 4.87. The van der Waals surface area contributed by atoms with E-state index in [0.29, 0.717) is 5.56 Å². The van der Waals surface area contributed by atoms with Gasteiger partial charge in [0, 0.05) is 19.7 Å². The average molecular weight is 189 g/mol. The number of rotatable bonds is 2. The van der Waals surface area contributed by atoms with Crippen molar-refractivity contribution in [2.75, 3.05) is 14.1 Å². The summed E-state index contributed by atoms with van der Waals surface area (Å²) in [6, 6.07) is 1.62. The van der Waals surface area contributed by atoms with Crippen molar-refractivity contribution in [3.63, 3.8) is 0 Å². The Labute approximate surface area is 71.8 Å². The van der Waals surface area contributed by atoms with Crippen LogP contribution in [0, 0.1) is 6.92 Å².